The smallest absolute Gasteiger partial charge is 0.218 e. The average molecular weight is 391 g/mol. The average Bonchev–Trinajstić information content (AvgIpc) is 2.65. The highest BCUT2D eigenvalue weighted by Crippen LogP contribution is 2.15. The second-order valence-electron chi connectivity index (χ2n) is 7.21. The highest BCUT2D eigenvalue weighted by Gasteiger charge is 2.26. The Morgan fingerprint density at radius 3 is 2.11 bits per heavy atom. The quantitative estimate of drug-likeness (QED) is 0.729. The van der Waals surface area contributed by atoms with Crippen molar-refractivity contribution in [2.75, 3.05) is 32.7 Å². The lowest BCUT2D eigenvalue weighted by Gasteiger charge is -2.34. The van der Waals surface area contributed by atoms with Gasteiger partial charge in [0.15, 0.2) is 0 Å². The molecule has 3 rings (SSSR count). The number of rotatable bonds is 7. The molecule has 2 aromatic rings. The molecule has 0 radical (unpaired) electrons. The third kappa shape index (κ3) is 5.86. The van der Waals surface area contributed by atoms with Crippen molar-refractivity contribution in [2.24, 2.45) is 0 Å². The fraction of sp³-hybridized carbons (Fsp3) is 0.429. The van der Waals surface area contributed by atoms with E-state index in [2.05, 4.69) is 4.90 Å². The van der Waals surface area contributed by atoms with Crippen LogP contribution in [0, 0.1) is 12.7 Å². The molecule has 146 valence electrons. The van der Waals surface area contributed by atoms with Gasteiger partial charge in [0.25, 0.3) is 0 Å². The topological polar surface area (TPSA) is 40.6 Å². The van der Waals surface area contributed by atoms with Crippen molar-refractivity contribution in [3.63, 3.8) is 0 Å². The van der Waals surface area contributed by atoms with Gasteiger partial charge < -0.3 is 4.90 Å². The zero-order chi connectivity index (χ0) is 19.3. The Labute approximate surface area is 161 Å². The van der Waals surface area contributed by atoms with E-state index in [1.807, 2.05) is 43.3 Å². The van der Waals surface area contributed by atoms with Gasteiger partial charge in [-0.25, -0.2) is 12.8 Å². The van der Waals surface area contributed by atoms with E-state index in [9.17, 15) is 12.8 Å². The molecule has 1 fully saturated rings. The monoisotopic (exact) mass is 390 g/mol. The van der Waals surface area contributed by atoms with E-state index >= 15 is 0 Å². The van der Waals surface area contributed by atoms with Gasteiger partial charge >= 0.3 is 0 Å². The van der Waals surface area contributed by atoms with E-state index in [0.29, 0.717) is 13.1 Å². The number of piperazine rings is 1. The van der Waals surface area contributed by atoms with Crippen LogP contribution in [0.5, 0.6) is 0 Å². The largest absolute Gasteiger partial charge is 0.301 e. The van der Waals surface area contributed by atoms with Crippen LogP contribution < -0.4 is 0 Å². The number of hydrogen-bond acceptors (Lipinski definition) is 3. The Morgan fingerprint density at radius 1 is 0.889 bits per heavy atom. The predicted molar refractivity (Wildman–Crippen MR) is 107 cm³/mol. The molecule has 0 aliphatic carbocycles. The fourth-order valence-electron chi connectivity index (χ4n) is 3.38. The molecule has 1 aliphatic heterocycles. The molecule has 6 heteroatoms. The molecule has 0 aromatic heterocycles. The fourth-order valence-corrected chi connectivity index (χ4v) is 4.89. The molecular formula is C21H27FN2O2S. The molecule has 1 saturated heterocycles. The third-order valence-electron chi connectivity index (χ3n) is 5.05. The van der Waals surface area contributed by atoms with E-state index in [1.54, 1.807) is 4.31 Å². The second kappa shape index (κ2) is 8.95. The van der Waals surface area contributed by atoms with Crippen molar-refractivity contribution in [2.45, 2.75) is 25.5 Å². The lowest BCUT2D eigenvalue weighted by Crippen LogP contribution is -2.49. The second-order valence-corrected chi connectivity index (χ2v) is 9.18. The minimum atomic E-state index is -3.27. The first kappa shape index (κ1) is 20.0. The van der Waals surface area contributed by atoms with Gasteiger partial charge in [-0.05, 0) is 49.6 Å². The minimum absolute atomic E-state index is 0.0673. The maximum atomic E-state index is 12.9. The summed E-state index contributed by atoms with van der Waals surface area (Å²) in [6, 6.07) is 14.3. The van der Waals surface area contributed by atoms with Crippen molar-refractivity contribution in [3.8, 4) is 0 Å². The molecule has 0 saturated carbocycles. The molecule has 0 N–H and O–H groups in total. The Kier molecular flexibility index (Phi) is 6.63. The van der Waals surface area contributed by atoms with Crippen LogP contribution in [0.3, 0.4) is 0 Å². The summed E-state index contributed by atoms with van der Waals surface area (Å²) in [5.41, 5.74) is 3.10. The van der Waals surface area contributed by atoms with Gasteiger partial charge in [0.1, 0.15) is 5.82 Å². The van der Waals surface area contributed by atoms with Crippen LogP contribution in [-0.2, 0) is 22.2 Å². The number of halogens is 1. The molecule has 2 aromatic carbocycles. The summed E-state index contributed by atoms with van der Waals surface area (Å²) in [6.45, 7) is 5.54. The van der Waals surface area contributed by atoms with Crippen molar-refractivity contribution >= 4 is 10.0 Å². The normalized spacial score (nSPS) is 16.5. The summed E-state index contributed by atoms with van der Waals surface area (Å²) < 4.78 is 39.8. The van der Waals surface area contributed by atoms with E-state index in [0.717, 1.165) is 49.2 Å². The van der Waals surface area contributed by atoms with Crippen molar-refractivity contribution < 1.29 is 12.8 Å². The summed E-state index contributed by atoms with van der Waals surface area (Å²) >= 11 is 0. The van der Waals surface area contributed by atoms with Crippen LogP contribution in [0.25, 0.3) is 0 Å². The molecule has 27 heavy (non-hydrogen) atoms. The number of aryl methyl sites for hydroxylation is 2. The maximum absolute atomic E-state index is 12.9. The first-order chi connectivity index (χ1) is 12.9. The van der Waals surface area contributed by atoms with Gasteiger partial charge in [0.2, 0.25) is 10.0 Å². The summed E-state index contributed by atoms with van der Waals surface area (Å²) in [4.78, 5) is 2.31. The number of sulfonamides is 1. The lowest BCUT2D eigenvalue weighted by molar-refractivity contribution is 0.186. The Balaban J connectivity index is 1.43. The van der Waals surface area contributed by atoms with E-state index in [1.165, 1.54) is 12.1 Å². The van der Waals surface area contributed by atoms with Gasteiger partial charge in [-0.1, -0.05) is 42.0 Å². The summed E-state index contributed by atoms with van der Waals surface area (Å²) in [5.74, 6) is -0.139. The Hall–Kier alpha value is -1.76. The van der Waals surface area contributed by atoms with Crippen LogP contribution in [0.2, 0.25) is 0 Å². The Bertz CT molecular complexity index is 827. The van der Waals surface area contributed by atoms with Gasteiger partial charge in [0.05, 0.1) is 5.75 Å². The molecule has 0 bridgehead atoms. The first-order valence-corrected chi connectivity index (χ1v) is 11.0. The van der Waals surface area contributed by atoms with E-state index < -0.39 is 10.0 Å². The molecule has 0 amide bonds. The number of hydrogen-bond donors (Lipinski definition) is 0. The van der Waals surface area contributed by atoms with Crippen LogP contribution in [-0.4, -0.2) is 50.3 Å². The van der Waals surface area contributed by atoms with Gasteiger partial charge in [0, 0.05) is 26.2 Å². The minimum Gasteiger partial charge on any atom is -0.301 e. The number of nitrogens with zero attached hydrogens (tertiary/aromatic N) is 2. The van der Waals surface area contributed by atoms with Crippen LogP contribution in [0.4, 0.5) is 4.39 Å². The van der Waals surface area contributed by atoms with Crippen molar-refractivity contribution in [3.05, 3.63) is 71.0 Å². The third-order valence-corrected chi connectivity index (χ3v) is 6.90. The van der Waals surface area contributed by atoms with E-state index in [4.69, 9.17) is 0 Å². The standard InChI is InChI=1S/C21H27FN2O2S/c1-18-4-6-20(7-5-18)17-27(25,26)24-15-13-23(14-16-24)12-2-3-19-8-10-21(22)11-9-19/h4-11H,2-3,12-17H2,1H3. The number of benzene rings is 2. The molecule has 0 spiro atoms. The Morgan fingerprint density at radius 2 is 1.48 bits per heavy atom. The lowest BCUT2D eigenvalue weighted by atomic mass is 10.1. The zero-order valence-corrected chi connectivity index (χ0v) is 16.6. The summed E-state index contributed by atoms with van der Waals surface area (Å²) in [5, 5.41) is 0. The summed E-state index contributed by atoms with van der Waals surface area (Å²) in [7, 11) is -3.27. The molecule has 1 aliphatic rings. The van der Waals surface area contributed by atoms with Gasteiger partial charge in [-0.3, -0.25) is 0 Å². The molecular weight excluding hydrogens is 363 g/mol. The van der Waals surface area contributed by atoms with Crippen molar-refractivity contribution in [1.82, 2.24) is 9.21 Å². The highest BCUT2D eigenvalue weighted by molar-refractivity contribution is 7.88. The summed E-state index contributed by atoms with van der Waals surface area (Å²) in [6.07, 6.45) is 1.90. The predicted octanol–water partition coefficient (Wildman–Crippen LogP) is 3.21. The van der Waals surface area contributed by atoms with Crippen LogP contribution >= 0.6 is 0 Å². The van der Waals surface area contributed by atoms with Crippen molar-refractivity contribution in [1.29, 1.82) is 0 Å². The van der Waals surface area contributed by atoms with Crippen LogP contribution in [0.15, 0.2) is 48.5 Å². The maximum Gasteiger partial charge on any atom is 0.218 e. The zero-order valence-electron chi connectivity index (χ0n) is 15.8. The molecule has 0 unspecified atom stereocenters. The van der Waals surface area contributed by atoms with E-state index in [-0.39, 0.29) is 11.6 Å². The van der Waals surface area contributed by atoms with Gasteiger partial charge in [-0.15, -0.1) is 0 Å². The SMILES string of the molecule is Cc1ccc(CS(=O)(=O)N2CCN(CCCc3ccc(F)cc3)CC2)cc1. The highest BCUT2D eigenvalue weighted by atomic mass is 32.2. The molecule has 0 atom stereocenters. The van der Waals surface area contributed by atoms with Crippen LogP contribution in [0.1, 0.15) is 23.1 Å². The molecule has 1 heterocycles. The molecule has 4 nitrogen and oxygen atoms in total. The van der Waals surface area contributed by atoms with Gasteiger partial charge in [-0.2, -0.15) is 4.31 Å². The first-order valence-electron chi connectivity index (χ1n) is 9.42.